The number of ether oxygens (including phenoxy) is 1. The van der Waals surface area contributed by atoms with E-state index in [1.807, 2.05) is 55.5 Å². The Bertz CT molecular complexity index is 1110. The molecule has 33 heavy (non-hydrogen) atoms. The maximum absolute atomic E-state index is 15.6. The van der Waals surface area contributed by atoms with Gasteiger partial charge in [-0.3, -0.25) is 14.5 Å². The normalized spacial score (nSPS) is 29.1. The number of β-lactam (4-membered cyclic amide) rings is 1. The van der Waals surface area contributed by atoms with Gasteiger partial charge in [0, 0.05) is 48.0 Å². The minimum absolute atomic E-state index is 0.0435. The Hall–Kier alpha value is -2.55. The molecule has 0 radical (unpaired) electrons. The summed E-state index contributed by atoms with van der Waals surface area (Å²) in [6.07, 6.45) is 0.223. The van der Waals surface area contributed by atoms with Gasteiger partial charge in [-0.15, -0.1) is 0 Å². The topological polar surface area (TPSA) is 70.1 Å². The number of carbonyl (C=O) groups is 2. The van der Waals surface area contributed by atoms with Crippen LogP contribution in [0.5, 0.6) is 0 Å². The number of nitrogens with zero attached hydrogens (tertiary/aromatic N) is 2. The van der Waals surface area contributed by atoms with Crippen molar-refractivity contribution >= 4 is 37.3 Å². The van der Waals surface area contributed by atoms with Gasteiger partial charge in [0.15, 0.2) is 5.60 Å². The van der Waals surface area contributed by atoms with Crippen LogP contribution in [0.3, 0.4) is 0 Å². The molecule has 3 aliphatic rings. The van der Waals surface area contributed by atoms with Crippen LogP contribution >= 0.6 is 0 Å². The molecule has 8 heteroatoms. The number of hydrogen-bond donors (Lipinski definition) is 1. The molecule has 2 saturated heterocycles. The van der Waals surface area contributed by atoms with Crippen LogP contribution < -0.4 is 9.80 Å². The van der Waals surface area contributed by atoms with Gasteiger partial charge in [-0.1, -0.05) is 25.1 Å². The second-order valence-electron chi connectivity index (χ2n) is 9.76. The summed E-state index contributed by atoms with van der Waals surface area (Å²) < 4.78 is 22.1. The molecule has 4 atom stereocenters. The van der Waals surface area contributed by atoms with Crippen molar-refractivity contribution in [2.75, 3.05) is 23.0 Å². The third-order valence-electron chi connectivity index (χ3n) is 7.44. The highest BCUT2D eigenvalue weighted by molar-refractivity contribution is 6.72. The number of halogens is 1. The average molecular weight is 469 g/mol. The van der Waals surface area contributed by atoms with E-state index in [0.29, 0.717) is 29.9 Å². The summed E-state index contributed by atoms with van der Waals surface area (Å²) in [5.74, 6) is -0.628. The van der Waals surface area contributed by atoms with E-state index in [-0.39, 0.29) is 24.8 Å². The van der Waals surface area contributed by atoms with Gasteiger partial charge in [-0.05, 0) is 49.8 Å². The fourth-order valence-electron chi connectivity index (χ4n) is 5.95. The number of hydrogen-bond acceptors (Lipinski definition) is 4. The van der Waals surface area contributed by atoms with E-state index < -0.39 is 31.6 Å². The number of fused-ring (bicyclic) bond motifs is 2. The molecule has 3 aliphatic heterocycles. The zero-order valence-electron chi connectivity index (χ0n) is 19.1. The van der Waals surface area contributed by atoms with Gasteiger partial charge in [0.2, 0.25) is 14.3 Å². The minimum atomic E-state index is -3.25. The molecule has 1 N–H and O–H groups in total. The van der Waals surface area contributed by atoms with Crippen molar-refractivity contribution in [1.82, 2.24) is 0 Å². The first-order valence-corrected chi connectivity index (χ1v) is 14.5. The average Bonchev–Trinajstić information content (AvgIpc) is 3.20. The Kier molecular flexibility index (Phi) is 5.23. The number of aliphatic hydroxyl groups excluding tert-OH is 1. The van der Waals surface area contributed by atoms with Crippen molar-refractivity contribution in [3.8, 4) is 0 Å². The van der Waals surface area contributed by atoms with E-state index in [1.54, 1.807) is 22.9 Å². The Morgan fingerprint density at radius 1 is 1.15 bits per heavy atom. The molecular weight excluding hydrogens is 439 g/mol. The summed E-state index contributed by atoms with van der Waals surface area (Å²) in [4.78, 5) is 29.7. The molecule has 5 rings (SSSR count). The Morgan fingerprint density at radius 2 is 1.88 bits per heavy atom. The second-order valence-corrected chi connectivity index (χ2v) is 13.6. The van der Waals surface area contributed by atoms with Crippen molar-refractivity contribution in [2.24, 2.45) is 5.92 Å². The highest BCUT2D eigenvalue weighted by atomic mass is 28.4. The van der Waals surface area contributed by atoms with Crippen molar-refractivity contribution in [2.45, 2.75) is 50.1 Å². The van der Waals surface area contributed by atoms with Gasteiger partial charge in [0.1, 0.15) is 0 Å². The van der Waals surface area contributed by atoms with Gasteiger partial charge < -0.3 is 18.9 Å². The largest absolute Gasteiger partial charge is 0.396 e. The molecule has 0 unspecified atom stereocenters. The molecule has 6 nitrogen and oxygen atoms in total. The molecule has 3 heterocycles. The van der Waals surface area contributed by atoms with Gasteiger partial charge >= 0.3 is 0 Å². The minimum Gasteiger partial charge on any atom is -0.396 e. The number of amides is 2. The van der Waals surface area contributed by atoms with E-state index >= 15 is 4.11 Å². The first-order chi connectivity index (χ1) is 15.7. The summed E-state index contributed by atoms with van der Waals surface area (Å²) in [5, 5.41) is 9.68. The molecule has 2 amide bonds. The third-order valence-corrected chi connectivity index (χ3v) is 9.90. The molecule has 2 aromatic rings. The number of anilines is 3. The number of benzene rings is 2. The summed E-state index contributed by atoms with van der Waals surface area (Å²) in [6, 6.07) is 14.9. The lowest BCUT2D eigenvalue weighted by atomic mass is 9.82. The van der Waals surface area contributed by atoms with Crippen molar-refractivity contribution in [1.29, 1.82) is 0 Å². The van der Waals surface area contributed by atoms with Crippen LogP contribution in [0.15, 0.2) is 48.5 Å². The van der Waals surface area contributed by atoms with Gasteiger partial charge in [0.25, 0.3) is 5.91 Å². The lowest BCUT2D eigenvalue weighted by Crippen LogP contribution is -2.45. The number of para-hydroxylation sites is 1. The van der Waals surface area contributed by atoms with Gasteiger partial charge in [-0.2, -0.15) is 0 Å². The van der Waals surface area contributed by atoms with Crippen LogP contribution in [0.1, 0.15) is 25.3 Å². The lowest BCUT2D eigenvalue weighted by molar-refractivity contribution is -0.145. The van der Waals surface area contributed by atoms with Crippen LogP contribution in [0, 0.1) is 5.92 Å². The molecule has 0 aromatic heterocycles. The van der Waals surface area contributed by atoms with Crippen molar-refractivity contribution in [3.63, 3.8) is 0 Å². The smallest absolute Gasteiger partial charge is 0.268 e. The summed E-state index contributed by atoms with van der Waals surface area (Å²) in [6.45, 7) is 5.68. The third kappa shape index (κ3) is 3.19. The standard InChI is InChI=1S/C25H29FN2O4Si/c1-16-23(33(2,3)26)21(12-14-29)32-25(16)19-15-18(27-13-11-22(27)30)9-10-20(19)28(24(25)31)17-7-5-4-6-8-17/h4-10,15-16,21,23,29H,11-14H2,1-3H3/t16-,21+,23-,25+/m1/s1. The van der Waals surface area contributed by atoms with E-state index in [2.05, 4.69) is 0 Å². The molecule has 0 saturated carbocycles. The molecular formula is C25H29FN2O4Si. The Balaban J connectivity index is 1.70. The highest BCUT2D eigenvalue weighted by Gasteiger charge is 2.67. The predicted octanol–water partition coefficient (Wildman–Crippen LogP) is 4.26. The van der Waals surface area contributed by atoms with E-state index in [0.717, 1.165) is 5.69 Å². The molecule has 2 aromatic carbocycles. The fourth-order valence-corrected chi connectivity index (χ4v) is 8.49. The van der Waals surface area contributed by atoms with E-state index in [4.69, 9.17) is 4.74 Å². The quantitative estimate of drug-likeness (QED) is 0.404. The second kappa shape index (κ2) is 7.75. The Labute approximate surface area is 194 Å². The monoisotopic (exact) mass is 468 g/mol. The highest BCUT2D eigenvalue weighted by Crippen LogP contribution is 2.61. The molecule has 2 fully saturated rings. The first kappa shape index (κ1) is 22.2. The van der Waals surface area contributed by atoms with Gasteiger partial charge in [0.05, 0.1) is 11.8 Å². The SMILES string of the molecule is C[C@@H]1[C@@H]([Si](C)(C)F)[C@H](CCO)O[C@@]12C(=O)N(c1ccccc1)c1ccc(N3CCC3=O)cc12. The van der Waals surface area contributed by atoms with Crippen LogP contribution in [0.4, 0.5) is 21.2 Å². The molecule has 1 spiro atoms. The first-order valence-electron chi connectivity index (χ1n) is 11.5. The molecule has 174 valence electrons. The van der Waals surface area contributed by atoms with E-state index in [1.165, 1.54) is 0 Å². The summed E-state index contributed by atoms with van der Waals surface area (Å²) >= 11 is 0. The fraction of sp³-hybridized carbons (Fsp3) is 0.440. The van der Waals surface area contributed by atoms with E-state index in [9.17, 15) is 14.7 Å². The summed E-state index contributed by atoms with van der Waals surface area (Å²) in [5.41, 5.74) is 0.980. The van der Waals surface area contributed by atoms with Crippen LogP contribution in [-0.4, -0.2) is 44.6 Å². The lowest BCUT2D eigenvalue weighted by Gasteiger charge is -2.33. The molecule has 0 aliphatic carbocycles. The Morgan fingerprint density at radius 3 is 2.45 bits per heavy atom. The zero-order chi connectivity index (χ0) is 23.5. The maximum atomic E-state index is 15.6. The van der Waals surface area contributed by atoms with Gasteiger partial charge in [-0.25, -0.2) is 0 Å². The summed E-state index contributed by atoms with van der Waals surface area (Å²) in [7, 11) is -3.25. The number of rotatable bonds is 5. The number of carbonyl (C=O) groups excluding carboxylic acids is 2. The number of aliphatic hydroxyl groups is 1. The van der Waals surface area contributed by atoms with Crippen LogP contribution in [0.25, 0.3) is 0 Å². The maximum Gasteiger partial charge on any atom is 0.268 e. The van der Waals surface area contributed by atoms with Crippen molar-refractivity contribution in [3.05, 3.63) is 54.1 Å². The van der Waals surface area contributed by atoms with Crippen molar-refractivity contribution < 1.29 is 23.5 Å². The zero-order valence-corrected chi connectivity index (χ0v) is 20.1. The van der Waals surface area contributed by atoms with Crippen LogP contribution in [-0.2, 0) is 19.9 Å². The predicted molar refractivity (Wildman–Crippen MR) is 127 cm³/mol. The van der Waals surface area contributed by atoms with Crippen LogP contribution in [0.2, 0.25) is 18.6 Å². The molecule has 0 bridgehead atoms.